The Morgan fingerprint density at radius 3 is 2.38 bits per heavy atom. The monoisotopic (exact) mass is 379 g/mol. The highest BCUT2D eigenvalue weighted by atomic mass is 35.5. The predicted octanol–water partition coefficient (Wildman–Crippen LogP) is 1.64. The third-order valence-corrected chi connectivity index (χ3v) is 5.33. The van der Waals surface area contributed by atoms with Crippen molar-refractivity contribution in [2.75, 3.05) is 52.5 Å². The third kappa shape index (κ3) is 5.19. The van der Waals surface area contributed by atoms with Crippen LogP contribution in [0.2, 0.25) is 5.02 Å². The molecule has 7 heteroatoms. The Balaban J connectivity index is 1.39. The molecule has 26 heavy (non-hydrogen) atoms. The van der Waals surface area contributed by atoms with Gasteiger partial charge >= 0.3 is 0 Å². The number of carbonyl (C=O) groups excluding carboxylic acids is 2. The van der Waals surface area contributed by atoms with Gasteiger partial charge in [0.2, 0.25) is 5.91 Å². The van der Waals surface area contributed by atoms with E-state index in [9.17, 15) is 9.59 Å². The summed E-state index contributed by atoms with van der Waals surface area (Å²) >= 11 is 5.87. The normalized spacial score (nSPS) is 19.3. The minimum absolute atomic E-state index is 0.00560. The molecule has 0 aliphatic carbocycles. The fraction of sp³-hybridized carbons (Fsp3) is 0.579. The molecule has 142 valence electrons. The topological polar surface area (TPSA) is 61.9 Å². The number of likely N-dealkylation sites (tertiary alicyclic amines) is 1. The number of ether oxygens (including phenoxy) is 1. The largest absolute Gasteiger partial charge is 0.379 e. The van der Waals surface area contributed by atoms with E-state index >= 15 is 0 Å². The zero-order valence-electron chi connectivity index (χ0n) is 15.0. The van der Waals surface area contributed by atoms with Gasteiger partial charge in [0.25, 0.3) is 5.91 Å². The summed E-state index contributed by atoms with van der Waals surface area (Å²) in [4.78, 5) is 29.0. The molecule has 1 aromatic carbocycles. The molecule has 2 heterocycles. The van der Waals surface area contributed by atoms with Crippen molar-refractivity contribution >= 4 is 23.4 Å². The summed E-state index contributed by atoms with van der Waals surface area (Å²) in [6, 6.07) is 6.94. The van der Waals surface area contributed by atoms with Crippen LogP contribution in [0.15, 0.2) is 24.3 Å². The SMILES string of the molecule is O=C(NCCN1CCOCC1)C1CCN(C(=O)c2ccc(Cl)cc2)CC1. The number of nitrogens with one attached hydrogen (secondary N) is 1. The highest BCUT2D eigenvalue weighted by Gasteiger charge is 2.27. The molecule has 2 aliphatic heterocycles. The van der Waals surface area contributed by atoms with E-state index in [-0.39, 0.29) is 17.7 Å². The second kappa shape index (κ2) is 9.35. The minimum atomic E-state index is -0.00560. The van der Waals surface area contributed by atoms with E-state index in [1.165, 1.54) is 0 Å². The molecule has 2 aliphatic rings. The average Bonchev–Trinajstić information content (AvgIpc) is 2.69. The highest BCUT2D eigenvalue weighted by molar-refractivity contribution is 6.30. The van der Waals surface area contributed by atoms with E-state index in [0.717, 1.165) is 32.8 Å². The van der Waals surface area contributed by atoms with Gasteiger partial charge in [-0.3, -0.25) is 14.5 Å². The molecule has 6 nitrogen and oxygen atoms in total. The van der Waals surface area contributed by atoms with Crippen LogP contribution >= 0.6 is 11.6 Å². The van der Waals surface area contributed by atoms with E-state index in [1.54, 1.807) is 24.3 Å². The fourth-order valence-electron chi connectivity index (χ4n) is 3.43. The number of hydrogen-bond donors (Lipinski definition) is 1. The first-order valence-corrected chi connectivity index (χ1v) is 9.64. The molecule has 0 atom stereocenters. The predicted molar refractivity (Wildman–Crippen MR) is 100 cm³/mol. The van der Waals surface area contributed by atoms with Crippen LogP contribution in [0.4, 0.5) is 0 Å². The molecule has 0 spiro atoms. The van der Waals surface area contributed by atoms with Gasteiger partial charge in [-0.25, -0.2) is 0 Å². The van der Waals surface area contributed by atoms with Gasteiger partial charge in [0, 0.05) is 55.8 Å². The summed E-state index contributed by atoms with van der Waals surface area (Å²) in [5.74, 6) is 0.110. The van der Waals surface area contributed by atoms with E-state index < -0.39 is 0 Å². The Kier molecular flexibility index (Phi) is 6.88. The van der Waals surface area contributed by atoms with Gasteiger partial charge < -0.3 is 15.0 Å². The molecule has 0 aromatic heterocycles. The first kappa shape index (κ1) is 19.1. The number of piperidine rings is 1. The molecule has 2 saturated heterocycles. The molecule has 2 amide bonds. The molecule has 2 fully saturated rings. The molecule has 1 N–H and O–H groups in total. The number of halogens is 1. The first-order chi connectivity index (χ1) is 12.6. The Bertz CT molecular complexity index is 609. The molecular formula is C19H26ClN3O3. The summed E-state index contributed by atoms with van der Waals surface area (Å²) in [7, 11) is 0. The van der Waals surface area contributed by atoms with Crippen LogP contribution in [-0.2, 0) is 9.53 Å². The van der Waals surface area contributed by atoms with Crippen LogP contribution in [0.3, 0.4) is 0 Å². The summed E-state index contributed by atoms with van der Waals surface area (Å²) in [6.07, 6.45) is 1.42. The number of amides is 2. The van der Waals surface area contributed by atoms with Gasteiger partial charge in [0.15, 0.2) is 0 Å². The maximum Gasteiger partial charge on any atom is 0.253 e. The summed E-state index contributed by atoms with van der Waals surface area (Å²) in [6.45, 7) is 6.17. The number of nitrogens with zero attached hydrogens (tertiary/aromatic N) is 2. The van der Waals surface area contributed by atoms with Gasteiger partial charge in [0.1, 0.15) is 0 Å². The molecule has 1 aromatic rings. The molecular weight excluding hydrogens is 354 g/mol. The average molecular weight is 380 g/mol. The van der Waals surface area contributed by atoms with Crippen molar-refractivity contribution in [2.45, 2.75) is 12.8 Å². The molecule has 0 radical (unpaired) electrons. The first-order valence-electron chi connectivity index (χ1n) is 9.26. The summed E-state index contributed by atoms with van der Waals surface area (Å²) in [5.41, 5.74) is 0.641. The lowest BCUT2D eigenvalue weighted by Gasteiger charge is -2.32. The van der Waals surface area contributed by atoms with E-state index in [2.05, 4.69) is 10.2 Å². The smallest absolute Gasteiger partial charge is 0.253 e. The van der Waals surface area contributed by atoms with Crippen molar-refractivity contribution in [3.63, 3.8) is 0 Å². The maximum atomic E-state index is 12.5. The lowest BCUT2D eigenvalue weighted by molar-refractivity contribution is -0.126. The molecule has 0 bridgehead atoms. The third-order valence-electron chi connectivity index (χ3n) is 5.08. The number of benzene rings is 1. The van der Waals surface area contributed by atoms with Gasteiger partial charge in [-0.2, -0.15) is 0 Å². The Hall–Kier alpha value is -1.63. The molecule has 0 unspecified atom stereocenters. The zero-order valence-corrected chi connectivity index (χ0v) is 15.7. The Morgan fingerprint density at radius 1 is 1.08 bits per heavy atom. The van der Waals surface area contributed by atoms with Crippen molar-refractivity contribution < 1.29 is 14.3 Å². The number of rotatable bonds is 5. The lowest BCUT2D eigenvalue weighted by atomic mass is 9.95. The van der Waals surface area contributed by atoms with E-state index in [4.69, 9.17) is 16.3 Å². The van der Waals surface area contributed by atoms with Gasteiger partial charge in [0.05, 0.1) is 13.2 Å². The van der Waals surface area contributed by atoms with Crippen LogP contribution in [0.1, 0.15) is 23.2 Å². The number of hydrogen-bond acceptors (Lipinski definition) is 4. The number of morpholine rings is 1. The van der Waals surface area contributed by atoms with Crippen LogP contribution in [0.25, 0.3) is 0 Å². The van der Waals surface area contributed by atoms with Crippen LogP contribution < -0.4 is 5.32 Å². The second-order valence-electron chi connectivity index (χ2n) is 6.82. The maximum absolute atomic E-state index is 12.5. The fourth-order valence-corrected chi connectivity index (χ4v) is 3.55. The minimum Gasteiger partial charge on any atom is -0.379 e. The molecule has 0 saturated carbocycles. The Morgan fingerprint density at radius 2 is 1.73 bits per heavy atom. The summed E-state index contributed by atoms with van der Waals surface area (Å²) in [5, 5.41) is 3.66. The van der Waals surface area contributed by atoms with Gasteiger partial charge in [-0.05, 0) is 37.1 Å². The highest BCUT2D eigenvalue weighted by Crippen LogP contribution is 2.20. The van der Waals surface area contributed by atoms with Crippen molar-refractivity contribution in [3.8, 4) is 0 Å². The quantitative estimate of drug-likeness (QED) is 0.844. The number of carbonyl (C=O) groups is 2. The van der Waals surface area contributed by atoms with Gasteiger partial charge in [-0.1, -0.05) is 11.6 Å². The van der Waals surface area contributed by atoms with Crippen molar-refractivity contribution in [3.05, 3.63) is 34.9 Å². The van der Waals surface area contributed by atoms with Crippen LogP contribution in [0, 0.1) is 5.92 Å². The van der Waals surface area contributed by atoms with Crippen molar-refractivity contribution in [2.24, 2.45) is 5.92 Å². The second-order valence-corrected chi connectivity index (χ2v) is 7.25. The Labute approximate surface area is 159 Å². The van der Waals surface area contributed by atoms with E-state index in [1.807, 2.05) is 4.90 Å². The van der Waals surface area contributed by atoms with Gasteiger partial charge in [-0.15, -0.1) is 0 Å². The molecule has 3 rings (SSSR count). The summed E-state index contributed by atoms with van der Waals surface area (Å²) < 4.78 is 5.32. The van der Waals surface area contributed by atoms with Crippen molar-refractivity contribution in [1.82, 2.24) is 15.1 Å². The van der Waals surface area contributed by atoms with E-state index in [0.29, 0.717) is 43.1 Å². The standard InChI is InChI=1S/C19H26ClN3O3/c20-17-3-1-16(2-4-17)19(25)23-8-5-15(6-9-23)18(24)21-7-10-22-11-13-26-14-12-22/h1-4,15H,5-14H2,(H,21,24). The zero-order chi connectivity index (χ0) is 18.4. The van der Waals surface area contributed by atoms with Crippen LogP contribution in [0.5, 0.6) is 0 Å². The van der Waals surface area contributed by atoms with Crippen molar-refractivity contribution in [1.29, 1.82) is 0 Å². The lowest BCUT2D eigenvalue weighted by Crippen LogP contribution is -2.45. The van der Waals surface area contributed by atoms with Crippen LogP contribution in [-0.4, -0.2) is 74.1 Å².